The minimum absolute atomic E-state index is 0.106. The fraction of sp³-hybridized carbons (Fsp3) is 0.481. The zero-order valence-electron chi connectivity index (χ0n) is 20.0. The number of nitrogen functional groups attached to an aromatic ring is 1. The Morgan fingerprint density at radius 1 is 1.09 bits per heavy atom. The van der Waals surface area contributed by atoms with Crippen molar-refractivity contribution in [3.05, 3.63) is 59.2 Å². The molecular weight excluding hydrogens is 394 g/mol. The summed E-state index contributed by atoms with van der Waals surface area (Å²) in [5.41, 5.74) is 11.4. The van der Waals surface area contributed by atoms with E-state index in [-0.39, 0.29) is 5.84 Å². The summed E-state index contributed by atoms with van der Waals surface area (Å²) in [4.78, 5) is 4.83. The number of nitrogens with two attached hydrogens (primary N) is 1. The molecule has 1 aliphatic heterocycles. The molecule has 32 heavy (non-hydrogen) atoms. The summed E-state index contributed by atoms with van der Waals surface area (Å²) in [6, 6.07) is 14.8. The summed E-state index contributed by atoms with van der Waals surface area (Å²) in [7, 11) is 0. The molecule has 5 nitrogen and oxygen atoms in total. The zero-order valence-corrected chi connectivity index (χ0v) is 20.0. The van der Waals surface area contributed by atoms with Gasteiger partial charge < -0.3 is 10.6 Å². The second kappa shape index (κ2) is 11.3. The molecule has 1 saturated heterocycles. The Morgan fingerprint density at radius 2 is 1.84 bits per heavy atom. The lowest BCUT2D eigenvalue weighted by molar-refractivity contribution is 0.171. The first-order chi connectivity index (χ1) is 15.4. The molecule has 0 spiro atoms. The number of rotatable bonds is 9. The first-order valence-electron chi connectivity index (χ1n) is 11.9. The largest absolute Gasteiger partial charge is 0.384 e. The number of piperidine rings is 1. The normalized spacial score (nSPS) is 14.7. The van der Waals surface area contributed by atoms with E-state index in [1.165, 1.54) is 42.4 Å². The summed E-state index contributed by atoms with van der Waals surface area (Å²) >= 11 is 0. The fourth-order valence-electron chi connectivity index (χ4n) is 4.68. The number of benzene rings is 2. The molecule has 1 heterocycles. The van der Waals surface area contributed by atoms with Crippen LogP contribution in [-0.2, 0) is 6.54 Å². The predicted octanol–water partition coefficient (Wildman–Crippen LogP) is 5.26. The maximum absolute atomic E-state index is 7.88. The highest BCUT2D eigenvalue weighted by molar-refractivity contribution is 5.96. The van der Waals surface area contributed by atoms with Crippen LogP contribution in [0, 0.1) is 23.7 Å². The van der Waals surface area contributed by atoms with Gasteiger partial charge in [0, 0.05) is 31.7 Å². The lowest BCUT2D eigenvalue weighted by Crippen LogP contribution is -2.40. The molecular formula is C27H39N5. The topological polar surface area (TPSA) is 80.2 Å². The van der Waals surface area contributed by atoms with Crippen molar-refractivity contribution in [2.75, 3.05) is 26.2 Å². The average Bonchev–Trinajstić information content (AvgIpc) is 2.77. The lowest BCUT2D eigenvalue weighted by atomic mass is 9.95. The number of unbranched alkanes of at least 4 members (excludes halogenated alkanes) is 1. The minimum atomic E-state index is 0.106. The van der Waals surface area contributed by atoms with Crippen LogP contribution in [0.2, 0.25) is 0 Å². The summed E-state index contributed by atoms with van der Waals surface area (Å²) < 4.78 is 0. The van der Waals surface area contributed by atoms with Crippen LogP contribution in [0.3, 0.4) is 0 Å². The maximum Gasteiger partial charge on any atom is 0.122 e. The van der Waals surface area contributed by atoms with E-state index in [0.717, 1.165) is 43.9 Å². The quantitative estimate of drug-likeness (QED) is 0.373. The minimum Gasteiger partial charge on any atom is -0.384 e. The van der Waals surface area contributed by atoms with Gasteiger partial charge in [0.25, 0.3) is 0 Å². The Labute approximate surface area is 193 Å². The van der Waals surface area contributed by atoms with Crippen LogP contribution < -0.4 is 5.73 Å². The molecule has 0 amide bonds. The van der Waals surface area contributed by atoms with Gasteiger partial charge in [-0.25, -0.2) is 0 Å². The third-order valence-electron chi connectivity index (χ3n) is 6.48. The molecule has 3 rings (SSSR count). The van der Waals surface area contributed by atoms with Crippen LogP contribution >= 0.6 is 0 Å². The van der Waals surface area contributed by atoms with E-state index >= 15 is 0 Å². The molecule has 0 aliphatic carbocycles. The molecule has 0 unspecified atom stereocenters. The summed E-state index contributed by atoms with van der Waals surface area (Å²) in [5, 5.41) is 15.6. The highest BCUT2D eigenvalue weighted by Gasteiger charge is 2.22. The van der Waals surface area contributed by atoms with E-state index in [1.807, 2.05) is 25.1 Å². The van der Waals surface area contributed by atoms with Gasteiger partial charge in [-0.05, 0) is 74.4 Å². The number of amidine groups is 2. The second-order valence-corrected chi connectivity index (χ2v) is 9.31. The van der Waals surface area contributed by atoms with E-state index < -0.39 is 0 Å². The highest BCUT2D eigenvalue weighted by atomic mass is 15.2. The molecule has 0 saturated carbocycles. The third-order valence-corrected chi connectivity index (χ3v) is 6.48. The Kier molecular flexibility index (Phi) is 8.46. The molecule has 0 aromatic heterocycles. The van der Waals surface area contributed by atoms with Gasteiger partial charge in [0.2, 0.25) is 0 Å². The fourth-order valence-corrected chi connectivity index (χ4v) is 4.68. The molecule has 172 valence electrons. The van der Waals surface area contributed by atoms with Crippen LogP contribution in [0.5, 0.6) is 0 Å². The molecule has 2 aromatic rings. The van der Waals surface area contributed by atoms with Crippen LogP contribution in [0.1, 0.15) is 56.2 Å². The van der Waals surface area contributed by atoms with E-state index in [1.54, 1.807) is 0 Å². The Bertz CT molecular complexity index is 927. The molecule has 4 N–H and O–H groups in total. The van der Waals surface area contributed by atoms with Crippen LogP contribution in [0.15, 0.2) is 42.5 Å². The Balaban J connectivity index is 1.74. The Hall–Kier alpha value is -2.66. The number of hydrogen-bond acceptors (Lipinski definition) is 3. The summed E-state index contributed by atoms with van der Waals surface area (Å²) in [6.45, 7) is 11.6. The SMILES string of the molecule is CCCCN(Cc1cc(C)cc(-c2cccc(C(=N)N)c2)c1)CC1CCN(C(C)=N)CC1. The van der Waals surface area contributed by atoms with Gasteiger partial charge in [-0.1, -0.05) is 49.2 Å². The molecule has 2 aromatic carbocycles. The molecule has 0 atom stereocenters. The predicted molar refractivity (Wildman–Crippen MR) is 136 cm³/mol. The number of nitrogens with zero attached hydrogens (tertiary/aromatic N) is 2. The van der Waals surface area contributed by atoms with Crippen molar-refractivity contribution >= 4 is 11.7 Å². The van der Waals surface area contributed by atoms with Crippen molar-refractivity contribution in [2.24, 2.45) is 11.7 Å². The standard InChI is InChI=1S/C27H39N5/c1-4-5-11-31(18-22-9-12-32(13-10-22)21(3)28)19-23-14-20(2)15-26(16-23)24-7-6-8-25(17-24)27(29)30/h6-8,14-17,22,28H,4-5,9-13,18-19H2,1-3H3,(H3,29,30). The molecule has 1 aliphatic rings. The van der Waals surface area contributed by atoms with E-state index in [9.17, 15) is 0 Å². The van der Waals surface area contributed by atoms with E-state index in [0.29, 0.717) is 11.8 Å². The first kappa shape index (κ1) is 24.0. The van der Waals surface area contributed by atoms with Crippen molar-refractivity contribution in [3.63, 3.8) is 0 Å². The van der Waals surface area contributed by atoms with Gasteiger partial charge in [0.1, 0.15) is 5.84 Å². The van der Waals surface area contributed by atoms with Crippen molar-refractivity contribution in [1.29, 1.82) is 10.8 Å². The lowest BCUT2D eigenvalue weighted by Gasteiger charge is -2.35. The van der Waals surface area contributed by atoms with E-state index in [4.69, 9.17) is 16.6 Å². The van der Waals surface area contributed by atoms with Gasteiger partial charge in [-0.2, -0.15) is 0 Å². The number of aryl methyl sites for hydroxylation is 1. The van der Waals surface area contributed by atoms with Crippen LogP contribution in [0.25, 0.3) is 11.1 Å². The zero-order chi connectivity index (χ0) is 23.1. The average molecular weight is 434 g/mol. The molecule has 5 heteroatoms. The van der Waals surface area contributed by atoms with E-state index in [2.05, 4.69) is 47.9 Å². The second-order valence-electron chi connectivity index (χ2n) is 9.31. The van der Waals surface area contributed by atoms with Crippen LogP contribution in [-0.4, -0.2) is 47.7 Å². The van der Waals surface area contributed by atoms with Crippen molar-refractivity contribution < 1.29 is 0 Å². The van der Waals surface area contributed by atoms with Gasteiger partial charge in [-0.15, -0.1) is 0 Å². The van der Waals surface area contributed by atoms with Crippen molar-refractivity contribution in [2.45, 2.75) is 53.0 Å². The first-order valence-corrected chi connectivity index (χ1v) is 11.9. The molecule has 1 fully saturated rings. The van der Waals surface area contributed by atoms with Gasteiger partial charge >= 0.3 is 0 Å². The maximum atomic E-state index is 7.88. The van der Waals surface area contributed by atoms with Crippen LogP contribution in [0.4, 0.5) is 0 Å². The van der Waals surface area contributed by atoms with Crippen molar-refractivity contribution in [1.82, 2.24) is 9.80 Å². The van der Waals surface area contributed by atoms with Gasteiger partial charge in [0.15, 0.2) is 0 Å². The van der Waals surface area contributed by atoms with Gasteiger partial charge in [0.05, 0.1) is 5.84 Å². The number of likely N-dealkylation sites (tertiary alicyclic amines) is 1. The Morgan fingerprint density at radius 3 is 2.50 bits per heavy atom. The third kappa shape index (κ3) is 6.67. The van der Waals surface area contributed by atoms with Gasteiger partial charge in [-0.3, -0.25) is 15.7 Å². The molecule has 0 bridgehead atoms. The van der Waals surface area contributed by atoms with Crippen molar-refractivity contribution in [3.8, 4) is 11.1 Å². The summed E-state index contributed by atoms with van der Waals surface area (Å²) in [5.74, 6) is 1.51. The number of nitrogens with one attached hydrogen (secondary N) is 2. The summed E-state index contributed by atoms with van der Waals surface area (Å²) in [6.07, 6.45) is 4.78. The smallest absolute Gasteiger partial charge is 0.122 e. The number of hydrogen-bond donors (Lipinski definition) is 3. The monoisotopic (exact) mass is 433 g/mol. The highest BCUT2D eigenvalue weighted by Crippen LogP contribution is 2.25. The molecule has 0 radical (unpaired) electrons.